The predicted octanol–water partition coefficient (Wildman–Crippen LogP) is -0.290. The average molecular weight is 197 g/mol. The lowest BCUT2D eigenvalue weighted by Crippen LogP contribution is -2.40. The number of carbonyl (C=O) groups excluding carboxylic acids is 2. The molecule has 2 rings (SSSR count). The Morgan fingerprint density at radius 3 is 2.00 bits per heavy atom. The normalized spacial score (nSPS) is 35.1. The van der Waals surface area contributed by atoms with Crippen LogP contribution in [0.25, 0.3) is 0 Å². The number of likely N-dealkylation sites (tertiary alicyclic amines) is 1. The van der Waals surface area contributed by atoms with Crippen LogP contribution in [0.5, 0.6) is 0 Å². The second-order valence-corrected chi connectivity index (χ2v) is 4.06. The maximum absolute atomic E-state index is 11.6. The Labute approximate surface area is 80.7 Å². The van der Waals surface area contributed by atoms with Crippen molar-refractivity contribution in [3.8, 4) is 0 Å². The molecule has 0 radical (unpaired) electrons. The molecule has 2 unspecified atom stereocenters. The summed E-state index contributed by atoms with van der Waals surface area (Å²) in [5.41, 5.74) is 0. The van der Waals surface area contributed by atoms with E-state index in [4.69, 9.17) is 5.11 Å². The van der Waals surface area contributed by atoms with Crippen molar-refractivity contribution in [1.82, 2.24) is 4.90 Å². The second-order valence-electron chi connectivity index (χ2n) is 4.06. The third-order valence-electron chi connectivity index (χ3n) is 2.87. The molecular weight excluding hydrogens is 186 g/mol. The van der Waals surface area contributed by atoms with Gasteiger partial charge < -0.3 is 5.11 Å². The first-order valence-corrected chi connectivity index (χ1v) is 4.56. The summed E-state index contributed by atoms with van der Waals surface area (Å²) in [5.74, 6) is -3.59. The van der Waals surface area contributed by atoms with Crippen molar-refractivity contribution in [2.24, 2.45) is 17.8 Å². The summed E-state index contributed by atoms with van der Waals surface area (Å²) in [6, 6.07) is -0.169. The van der Waals surface area contributed by atoms with Crippen molar-refractivity contribution in [2.45, 2.75) is 19.9 Å². The number of carboxylic acid groups (broad SMARTS) is 1. The summed E-state index contributed by atoms with van der Waals surface area (Å²) in [4.78, 5) is 34.9. The molecular formula is C9H11NO4. The molecule has 0 aromatic heterocycles. The van der Waals surface area contributed by atoms with Gasteiger partial charge in [-0.2, -0.15) is 0 Å². The number of imide groups is 1. The molecule has 0 bridgehead atoms. The minimum Gasteiger partial charge on any atom is -0.481 e. The first kappa shape index (κ1) is 9.18. The van der Waals surface area contributed by atoms with Gasteiger partial charge in [-0.1, -0.05) is 0 Å². The van der Waals surface area contributed by atoms with E-state index in [1.165, 1.54) is 4.90 Å². The molecule has 1 saturated heterocycles. The molecule has 0 spiro atoms. The van der Waals surface area contributed by atoms with E-state index in [-0.39, 0.29) is 17.9 Å². The third-order valence-corrected chi connectivity index (χ3v) is 2.87. The smallest absolute Gasteiger partial charge is 0.308 e. The zero-order chi connectivity index (χ0) is 10.6. The van der Waals surface area contributed by atoms with E-state index in [0.29, 0.717) is 0 Å². The van der Waals surface area contributed by atoms with Crippen molar-refractivity contribution >= 4 is 17.8 Å². The van der Waals surface area contributed by atoms with Crippen LogP contribution in [0.1, 0.15) is 13.8 Å². The SMILES string of the molecule is CC(C)N1C(=O)C2C(C(=O)O)C2C1=O. The average Bonchev–Trinajstić information content (AvgIpc) is 2.71. The predicted molar refractivity (Wildman–Crippen MR) is 45.1 cm³/mol. The Morgan fingerprint density at radius 1 is 1.29 bits per heavy atom. The van der Waals surface area contributed by atoms with Gasteiger partial charge in [-0.05, 0) is 13.8 Å². The molecule has 2 fully saturated rings. The molecule has 1 heterocycles. The molecule has 5 nitrogen and oxygen atoms in total. The first-order valence-electron chi connectivity index (χ1n) is 4.56. The highest BCUT2D eigenvalue weighted by atomic mass is 16.4. The number of carboxylic acids is 1. The van der Waals surface area contributed by atoms with E-state index in [1.807, 2.05) is 0 Å². The molecule has 5 heteroatoms. The number of rotatable bonds is 2. The number of hydrogen-bond acceptors (Lipinski definition) is 3. The first-order chi connectivity index (χ1) is 6.46. The quantitative estimate of drug-likeness (QED) is 0.617. The van der Waals surface area contributed by atoms with E-state index in [2.05, 4.69) is 0 Å². The Balaban J connectivity index is 2.21. The Bertz CT molecular complexity index is 314. The lowest BCUT2D eigenvalue weighted by atomic mass is 10.2. The van der Waals surface area contributed by atoms with Crippen LogP contribution in [-0.4, -0.2) is 33.8 Å². The van der Waals surface area contributed by atoms with Crippen molar-refractivity contribution < 1.29 is 19.5 Å². The monoisotopic (exact) mass is 197 g/mol. The minimum atomic E-state index is -1.04. The topological polar surface area (TPSA) is 74.7 Å². The van der Waals surface area contributed by atoms with Crippen molar-refractivity contribution in [1.29, 1.82) is 0 Å². The highest BCUT2D eigenvalue weighted by Gasteiger charge is 2.70. The largest absolute Gasteiger partial charge is 0.481 e. The summed E-state index contributed by atoms with van der Waals surface area (Å²) in [5, 5.41) is 8.70. The zero-order valence-corrected chi connectivity index (χ0v) is 7.93. The molecule has 0 aromatic carbocycles. The fraction of sp³-hybridized carbons (Fsp3) is 0.667. The molecule has 14 heavy (non-hydrogen) atoms. The summed E-state index contributed by atoms with van der Waals surface area (Å²) in [6.07, 6.45) is 0. The van der Waals surface area contributed by atoms with Gasteiger partial charge in [-0.25, -0.2) is 0 Å². The number of nitrogens with zero attached hydrogens (tertiary/aromatic N) is 1. The molecule has 2 atom stereocenters. The standard InChI is InChI=1S/C9H11NO4/c1-3(2)10-7(11)4-5(8(10)12)6(4)9(13)14/h3-6H,1-2H3,(H,13,14). The van der Waals surface area contributed by atoms with Gasteiger partial charge in [0, 0.05) is 6.04 Å². The van der Waals surface area contributed by atoms with E-state index >= 15 is 0 Å². The number of hydrogen-bond donors (Lipinski definition) is 1. The van der Waals surface area contributed by atoms with Gasteiger partial charge in [-0.15, -0.1) is 0 Å². The van der Waals surface area contributed by atoms with Gasteiger partial charge in [0.1, 0.15) is 0 Å². The van der Waals surface area contributed by atoms with Gasteiger partial charge >= 0.3 is 5.97 Å². The highest BCUT2D eigenvalue weighted by Crippen LogP contribution is 2.53. The Kier molecular flexibility index (Phi) is 1.68. The molecule has 1 saturated carbocycles. The van der Waals surface area contributed by atoms with E-state index < -0.39 is 23.7 Å². The van der Waals surface area contributed by atoms with E-state index in [0.717, 1.165) is 0 Å². The van der Waals surface area contributed by atoms with Gasteiger partial charge in [0.2, 0.25) is 11.8 Å². The van der Waals surface area contributed by atoms with Gasteiger partial charge in [0.25, 0.3) is 0 Å². The number of carbonyl (C=O) groups is 3. The molecule has 2 aliphatic rings. The lowest BCUT2D eigenvalue weighted by molar-refractivity contribution is -0.150. The number of piperidine rings is 1. The number of amides is 2. The Morgan fingerprint density at radius 2 is 1.71 bits per heavy atom. The van der Waals surface area contributed by atoms with Gasteiger partial charge in [0.05, 0.1) is 17.8 Å². The summed E-state index contributed by atoms with van der Waals surface area (Å²) < 4.78 is 0. The summed E-state index contributed by atoms with van der Waals surface area (Å²) in [6.45, 7) is 3.49. The second kappa shape index (κ2) is 2.56. The van der Waals surface area contributed by atoms with Crippen LogP contribution >= 0.6 is 0 Å². The van der Waals surface area contributed by atoms with Crippen molar-refractivity contribution in [3.63, 3.8) is 0 Å². The summed E-state index contributed by atoms with van der Waals surface area (Å²) in [7, 11) is 0. The summed E-state index contributed by atoms with van der Waals surface area (Å²) >= 11 is 0. The molecule has 1 aliphatic carbocycles. The van der Waals surface area contributed by atoms with Gasteiger partial charge in [0.15, 0.2) is 0 Å². The van der Waals surface area contributed by atoms with Crippen molar-refractivity contribution in [2.75, 3.05) is 0 Å². The van der Waals surface area contributed by atoms with Crippen LogP contribution in [0.2, 0.25) is 0 Å². The van der Waals surface area contributed by atoms with Crippen LogP contribution in [0, 0.1) is 17.8 Å². The molecule has 2 amide bonds. The zero-order valence-electron chi connectivity index (χ0n) is 7.93. The molecule has 76 valence electrons. The fourth-order valence-electron chi connectivity index (χ4n) is 2.17. The van der Waals surface area contributed by atoms with Crippen molar-refractivity contribution in [3.05, 3.63) is 0 Å². The van der Waals surface area contributed by atoms with Crippen LogP contribution in [0.4, 0.5) is 0 Å². The third kappa shape index (κ3) is 0.921. The fourth-order valence-corrected chi connectivity index (χ4v) is 2.17. The lowest BCUT2D eigenvalue weighted by Gasteiger charge is -2.21. The van der Waals surface area contributed by atoms with Crippen LogP contribution < -0.4 is 0 Å². The van der Waals surface area contributed by atoms with E-state index in [1.54, 1.807) is 13.8 Å². The van der Waals surface area contributed by atoms with E-state index in [9.17, 15) is 14.4 Å². The highest BCUT2D eigenvalue weighted by molar-refractivity contribution is 6.13. The van der Waals surface area contributed by atoms with Crippen LogP contribution in [0.3, 0.4) is 0 Å². The number of fused-ring (bicyclic) bond motifs is 1. The molecule has 1 N–H and O–H groups in total. The Hall–Kier alpha value is -1.39. The molecule has 0 aromatic rings. The molecule has 1 aliphatic heterocycles. The number of aliphatic carboxylic acids is 1. The van der Waals surface area contributed by atoms with Crippen LogP contribution in [0.15, 0.2) is 0 Å². The minimum absolute atomic E-state index is 0.169. The van der Waals surface area contributed by atoms with Crippen LogP contribution in [-0.2, 0) is 14.4 Å². The maximum atomic E-state index is 11.6. The van der Waals surface area contributed by atoms with Gasteiger partial charge in [-0.3, -0.25) is 19.3 Å². The maximum Gasteiger partial charge on any atom is 0.308 e.